The lowest BCUT2D eigenvalue weighted by Crippen LogP contribution is -2.36. The average Bonchev–Trinajstić information content (AvgIpc) is 2.02. The molecule has 0 heterocycles. The molecule has 6 heteroatoms. The summed E-state index contributed by atoms with van der Waals surface area (Å²) in [6.07, 6.45) is 0. The van der Waals surface area contributed by atoms with Crippen molar-refractivity contribution in [2.75, 3.05) is 20.3 Å². The molecule has 1 unspecified atom stereocenters. The molecule has 0 aromatic rings. The normalized spacial score (nSPS) is 12.2. The monoisotopic (exact) mass is 177 g/mol. The third-order valence-corrected chi connectivity index (χ3v) is 1.03. The van der Waals surface area contributed by atoms with Crippen molar-refractivity contribution in [3.63, 3.8) is 0 Å². The van der Waals surface area contributed by atoms with E-state index in [2.05, 4.69) is 9.47 Å². The van der Waals surface area contributed by atoms with Gasteiger partial charge in [-0.1, -0.05) is 0 Å². The summed E-state index contributed by atoms with van der Waals surface area (Å²) in [6.45, 7) is -0.621. The van der Waals surface area contributed by atoms with Gasteiger partial charge in [-0.2, -0.15) is 0 Å². The Morgan fingerprint density at radius 1 is 1.58 bits per heavy atom. The zero-order valence-corrected chi connectivity index (χ0v) is 6.65. The summed E-state index contributed by atoms with van der Waals surface area (Å²) in [6, 6.07) is -0.922. The number of carboxylic acids is 1. The van der Waals surface area contributed by atoms with Crippen molar-refractivity contribution in [3.8, 4) is 0 Å². The first kappa shape index (κ1) is 10.9. The Hall–Kier alpha value is -1.14. The Bertz CT molecular complexity index is 169. The van der Waals surface area contributed by atoms with Crippen LogP contribution in [0, 0.1) is 0 Å². The highest BCUT2D eigenvalue weighted by Gasteiger charge is 2.13. The lowest BCUT2D eigenvalue weighted by atomic mass is 10.3. The number of methoxy groups -OCH3 is 1. The lowest BCUT2D eigenvalue weighted by molar-refractivity contribution is -0.147. The van der Waals surface area contributed by atoms with Gasteiger partial charge in [-0.25, -0.2) is 4.79 Å². The van der Waals surface area contributed by atoms with Gasteiger partial charge < -0.3 is 20.3 Å². The van der Waals surface area contributed by atoms with Crippen LogP contribution in [-0.4, -0.2) is 43.4 Å². The maximum absolute atomic E-state index is 10.6. The largest absolute Gasteiger partial charge is 0.480 e. The predicted molar refractivity (Wildman–Crippen MR) is 38.4 cm³/mol. The fourth-order valence-electron chi connectivity index (χ4n) is 0.493. The average molecular weight is 177 g/mol. The molecule has 0 spiro atoms. The van der Waals surface area contributed by atoms with Gasteiger partial charge in [0.15, 0.2) is 0 Å². The fourth-order valence-corrected chi connectivity index (χ4v) is 0.493. The Kier molecular flexibility index (Phi) is 4.98. The Morgan fingerprint density at radius 3 is 2.58 bits per heavy atom. The smallest absolute Gasteiger partial charge is 0.329 e. The van der Waals surface area contributed by atoms with E-state index in [0.29, 0.717) is 0 Å². The highest BCUT2D eigenvalue weighted by atomic mass is 16.5. The highest BCUT2D eigenvalue weighted by molar-refractivity contribution is 5.75. The molecule has 12 heavy (non-hydrogen) atoms. The number of carbonyl (C=O) groups is 2. The number of ether oxygens (including phenoxy) is 2. The second-order valence-corrected chi connectivity index (χ2v) is 2.04. The van der Waals surface area contributed by atoms with Crippen molar-refractivity contribution in [2.45, 2.75) is 6.04 Å². The number of rotatable bonds is 5. The number of carbonyl (C=O) groups excluding carboxylic acids is 1. The third kappa shape index (κ3) is 4.64. The van der Waals surface area contributed by atoms with E-state index in [0.717, 1.165) is 0 Å². The number of hydrogen-bond acceptors (Lipinski definition) is 5. The minimum Gasteiger partial charge on any atom is -0.480 e. The SMILES string of the molecule is COC(=O)C(N)COCC(=O)O. The first-order chi connectivity index (χ1) is 5.57. The highest BCUT2D eigenvalue weighted by Crippen LogP contribution is 1.85. The van der Waals surface area contributed by atoms with Gasteiger partial charge >= 0.3 is 11.9 Å². The van der Waals surface area contributed by atoms with Gasteiger partial charge in [0.25, 0.3) is 0 Å². The Balaban J connectivity index is 3.50. The molecule has 1 atom stereocenters. The molecule has 0 radical (unpaired) electrons. The van der Waals surface area contributed by atoms with Gasteiger partial charge in [0, 0.05) is 0 Å². The van der Waals surface area contributed by atoms with Crippen LogP contribution in [0.1, 0.15) is 0 Å². The van der Waals surface area contributed by atoms with Gasteiger partial charge in [0.1, 0.15) is 12.6 Å². The molecule has 0 saturated carbocycles. The zero-order valence-electron chi connectivity index (χ0n) is 6.65. The summed E-state index contributed by atoms with van der Waals surface area (Å²) in [7, 11) is 1.19. The molecular weight excluding hydrogens is 166 g/mol. The number of carboxylic acid groups (broad SMARTS) is 1. The summed E-state index contributed by atoms with van der Waals surface area (Å²) in [4.78, 5) is 20.6. The molecule has 70 valence electrons. The van der Waals surface area contributed by atoms with Crippen LogP contribution < -0.4 is 5.73 Å². The van der Waals surface area contributed by atoms with Crippen molar-refractivity contribution in [2.24, 2.45) is 5.73 Å². The molecule has 6 nitrogen and oxygen atoms in total. The second-order valence-electron chi connectivity index (χ2n) is 2.04. The van der Waals surface area contributed by atoms with Crippen LogP contribution in [0.3, 0.4) is 0 Å². The van der Waals surface area contributed by atoms with Crippen LogP contribution in [0.4, 0.5) is 0 Å². The summed E-state index contributed by atoms with van der Waals surface area (Å²) in [5.74, 6) is -1.73. The summed E-state index contributed by atoms with van der Waals surface area (Å²) in [5.41, 5.74) is 5.22. The summed E-state index contributed by atoms with van der Waals surface area (Å²) < 4.78 is 8.83. The van der Waals surface area contributed by atoms with Gasteiger partial charge in [0.05, 0.1) is 13.7 Å². The minimum atomic E-state index is -1.10. The molecular formula is C6H11NO5. The lowest BCUT2D eigenvalue weighted by Gasteiger charge is -2.07. The van der Waals surface area contributed by atoms with E-state index < -0.39 is 24.6 Å². The first-order valence-electron chi connectivity index (χ1n) is 3.21. The predicted octanol–water partition coefficient (Wildman–Crippen LogP) is -1.41. The number of aliphatic carboxylic acids is 1. The molecule has 0 rings (SSSR count). The van der Waals surface area contributed by atoms with Crippen LogP contribution in [-0.2, 0) is 19.1 Å². The van der Waals surface area contributed by atoms with Gasteiger partial charge in [-0.05, 0) is 0 Å². The van der Waals surface area contributed by atoms with Crippen LogP contribution in [0.5, 0.6) is 0 Å². The Labute approximate surface area is 69.2 Å². The third-order valence-electron chi connectivity index (χ3n) is 1.03. The molecule has 0 aromatic carbocycles. The molecule has 3 N–H and O–H groups in total. The van der Waals surface area contributed by atoms with E-state index >= 15 is 0 Å². The van der Waals surface area contributed by atoms with Gasteiger partial charge in [-0.15, -0.1) is 0 Å². The second kappa shape index (κ2) is 5.50. The van der Waals surface area contributed by atoms with Crippen LogP contribution in [0.25, 0.3) is 0 Å². The van der Waals surface area contributed by atoms with E-state index in [9.17, 15) is 9.59 Å². The van der Waals surface area contributed by atoms with Crippen molar-refractivity contribution in [1.29, 1.82) is 0 Å². The molecule has 0 fully saturated rings. The molecule has 0 bridgehead atoms. The standard InChI is InChI=1S/C6H11NO5/c1-11-6(10)4(7)2-12-3-5(8)9/h4H,2-3,7H2,1H3,(H,8,9). The minimum absolute atomic E-state index is 0.154. The first-order valence-corrected chi connectivity index (χ1v) is 3.21. The number of hydrogen-bond donors (Lipinski definition) is 2. The van der Waals surface area contributed by atoms with E-state index in [1.807, 2.05) is 0 Å². The van der Waals surface area contributed by atoms with Gasteiger partial charge in [-0.3, -0.25) is 4.79 Å². The number of nitrogens with two attached hydrogens (primary N) is 1. The van der Waals surface area contributed by atoms with Crippen molar-refractivity contribution in [3.05, 3.63) is 0 Å². The molecule has 0 aliphatic carbocycles. The molecule has 0 aromatic heterocycles. The van der Waals surface area contributed by atoms with Crippen molar-refractivity contribution < 1.29 is 24.2 Å². The van der Waals surface area contributed by atoms with Crippen molar-refractivity contribution in [1.82, 2.24) is 0 Å². The van der Waals surface area contributed by atoms with Crippen molar-refractivity contribution >= 4 is 11.9 Å². The van der Waals surface area contributed by atoms with Crippen LogP contribution >= 0.6 is 0 Å². The van der Waals surface area contributed by atoms with Crippen LogP contribution in [0.15, 0.2) is 0 Å². The zero-order chi connectivity index (χ0) is 9.56. The summed E-state index contributed by atoms with van der Waals surface area (Å²) in [5, 5.41) is 8.14. The summed E-state index contributed by atoms with van der Waals surface area (Å²) >= 11 is 0. The number of esters is 1. The Morgan fingerprint density at radius 2 is 2.17 bits per heavy atom. The quantitative estimate of drug-likeness (QED) is 0.500. The van der Waals surface area contributed by atoms with E-state index in [-0.39, 0.29) is 6.61 Å². The van der Waals surface area contributed by atoms with Crippen LogP contribution in [0.2, 0.25) is 0 Å². The van der Waals surface area contributed by atoms with E-state index in [4.69, 9.17) is 10.8 Å². The van der Waals surface area contributed by atoms with E-state index in [1.165, 1.54) is 7.11 Å². The molecule has 0 aliphatic heterocycles. The fraction of sp³-hybridized carbons (Fsp3) is 0.667. The molecule has 0 aliphatic rings. The maximum Gasteiger partial charge on any atom is 0.329 e. The maximum atomic E-state index is 10.6. The van der Waals surface area contributed by atoms with Gasteiger partial charge in [0.2, 0.25) is 0 Å². The van der Waals surface area contributed by atoms with E-state index in [1.54, 1.807) is 0 Å². The molecule has 0 saturated heterocycles. The molecule has 0 amide bonds. The topological polar surface area (TPSA) is 98.9 Å².